The molecule has 1 atom stereocenters. The molecule has 1 unspecified atom stereocenters. The summed E-state index contributed by atoms with van der Waals surface area (Å²) in [5, 5.41) is 8.00. The maximum absolute atomic E-state index is 13.1. The molecule has 32 heavy (non-hydrogen) atoms. The Morgan fingerprint density at radius 2 is 1.75 bits per heavy atom. The maximum Gasteiger partial charge on any atom is 0.276 e. The van der Waals surface area contributed by atoms with Crippen molar-refractivity contribution in [1.82, 2.24) is 0 Å². The number of azo groups is 1. The Hall–Kier alpha value is -3.33. The predicted octanol–water partition coefficient (Wildman–Crippen LogP) is 4.73. The fourth-order valence-corrected chi connectivity index (χ4v) is 3.01. The van der Waals surface area contributed by atoms with Crippen molar-refractivity contribution in [3.8, 4) is 23.0 Å². The van der Waals surface area contributed by atoms with E-state index in [4.69, 9.17) is 30.7 Å². The van der Waals surface area contributed by atoms with Gasteiger partial charge in [0, 0.05) is 17.8 Å². The minimum absolute atomic E-state index is 0.227. The third kappa shape index (κ3) is 5.88. The van der Waals surface area contributed by atoms with Crippen LogP contribution >= 0.6 is 11.8 Å². The maximum atomic E-state index is 13.1. The summed E-state index contributed by atoms with van der Waals surface area (Å²) in [5.41, 5.74) is 0.519. The van der Waals surface area contributed by atoms with Crippen molar-refractivity contribution in [2.45, 2.75) is 26.8 Å². The number of ether oxygens (including phenoxy) is 4. The summed E-state index contributed by atoms with van der Waals surface area (Å²) in [5.74, 6) is 0.270. The van der Waals surface area contributed by atoms with Gasteiger partial charge in [0.15, 0.2) is 17.3 Å². The summed E-state index contributed by atoms with van der Waals surface area (Å²) in [7, 11) is 2.93. The molecular weight excluding hydrogens is 438 g/mol. The minimum Gasteiger partial charge on any atom is -0.494 e. The van der Waals surface area contributed by atoms with Crippen LogP contribution in [0.15, 0.2) is 46.6 Å². The first-order valence-corrected chi connectivity index (χ1v) is 10.2. The van der Waals surface area contributed by atoms with Crippen molar-refractivity contribution in [3.63, 3.8) is 0 Å². The molecule has 2 aromatic carbocycles. The van der Waals surface area contributed by atoms with Gasteiger partial charge < -0.3 is 18.9 Å². The van der Waals surface area contributed by atoms with Gasteiger partial charge in [-0.2, -0.15) is 10.2 Å². The number of anilines is 1. The second-order valence-electron chi connectivity index (χ2n) is 6.36. The van der Waals surface area contributed by atoms with E-state index >= 15 is 0 Å². The molecule has 0 radical (unpaired) electrons. The quantitative estimate of drug-likeness (QED) is 0.271. The minimum atomic E-state index is -1.48. The Kier molecular flexibility index (Phi) is 9.27. The second kappa shape index (κ2) is 11.9. The Balaban J connectivity index is 2.39. The number of halogens is 1. The fourth-order valence-electron chi connectivity index (χ4n) is 2.78. The summed E-state index contributed by atoms with van der Waals surface area (Å²) in [4.78, 5) is 25.3. The van der Waals surface area contributed by atoms with Crippen LogP contribution in [-0.4, -0.2) is 45.2 Å². The van der Waals surface area contributed by atoms with Crippen molar-refractivity contribution in [1.29, 1.82) is 0 Å². The molecule has 0 aliphatic rings. The van der Waals surface area contributed by atoms with Gasteiger partial charge in [0.2, 0.25) is 6.04 Å². The lowest BCUT2D eigenvalue weighted by molar-refractivity contribution is -0.126. The van der Waals surface area contributed by atoms with Crippen LogP contribution < -0.4 is 23.4 Å². The van der Waals surface area contributed by atoms with Crippen LogP contribution in [0.25, 0.3) is 0 Å². The van der Waals surface area contributed by atoms with Gasteiger partial charge in [-0.25, -0.2) is 4.42 Å². The first kappa shape index (κ1) is 24.9. The van der Waals surface area contributed by atoms with E-state index in [2.05, 4.69) is 10.2 Å². The molecule has 0 heterocycles. The third-order valence-corrected chi connectivity index (χ3v) is 4.58. The van der Waals surface area contributed by atoms with Gasteiger partial charge >= 0.3 is 0 Å². The van der Waals surface area contributed by atoms with Crippen LogP contribution in [0.4, 0.5) is 11.4 Å². The number of ketones is 1. The van der Waals surface area contributed by atoms with Crippen molar-refractivity contribution >= 4 is 34.8 Å². The molecular formula is C22H26ClN3O6. The molecule has 0 aliphatic heterocycles. The average molecular weight is 464 g/mol. The van der Waals surface area contributed by atoms with Gasteiger partial charge in [0.05, 0.1) is 27.4 Å². The zero-order chi connectivity index (χ0) is 23.7. The first-order valence-electron chi connectivity index (χ1n) is 9.89. The van der Waals surface area contributed by atoms with E-state index in [9.17, 15) is 9.59 Å². The summed E-state index contributed by atoms with van der Waals surface area (Å²) in [6, 6.07) is 8.40. The topological polar surface area (TPSA) is 99.0 Å². The number of hydrogen-bond donors (Lipinski definition) is 0. The monoisotopic (exact) mass is 463 g/mol. The summed E-state index contributed by atoms with van der Waals surface area (Å²) >= 11 is 6.35. The zero-order valence-electron chi connectivity index (χ0n) is 18.6. The second-order valence-corrected chi connectivity index (χ2v) is 6.69. The molecule has 0 aromatic heterocycles. The van der Waals surface area contributed by atoms with Gasteiger partial charge in [0.25, 0.3) is 5.91 Å². The van der Waals surface area contributed by atoms with Gasteiger partial charge in [-0.1, -0.05) is 6.07 Å². The lowest BCUT2D eigenvalue weighted by Crippen LogP contribution is -2.36. The highest BCUT2D eigenvalue weighted by Gasteiger charge is 2.31. The molecule has 0 N–H and O–H groups in total. The molecule has 0 saturated carbocycles. The van der Waals surface area contributed by atoms with Crippen molar-refractivity contribution in [2.24, 2.45) is 10.2 Å². The van der Waals surface area contributed by atoms with Gasteiger partial charge in [-0.15, -0.1) is 0 Å². The van der Waals surface area contributed by atoms with E-state index in [0.29, 0.717) is 41.9 Å². The number of benzene rings is 2. The van der Waals surface area contributed by atoms with E-state index in [0.717, 1.165) is 4.42 Å². The summed E-state index contributed by atoms with van der Waals surface area (Å²) in [6.45, 7) is 5.64. The standard InChI is InChI=1S/C22H26ClN3O6/c1-6-31-15-11-12-18(32-7-2)17(13-15)26(23)22(28)20(14(3)27)25-24-16-9-8-10-19(29-4)21(16)30-5/h8-13,20H,6-7H2,1-5H3. The van der Waals surface area contributed by atoms with Crippen molar-refractivity contribution in [3.05, 3.63) is 36.4 Å². The number of hydrogen-bond acceptors (Lipinski definition) is 8. The van der Waals surface area contributed by atoms with Crippen LogP contribution in [0.2, 0.25) is 0 Å². The lowest BCUT2D eigenvalue weighted by atomic mass is 10.2. The number of carbonyl (C=O) groups is 2. The number of rotatable bonds is 11. The number of nitrogens with zero attached hydrogens (tertiary/aromatic N) is 3. The van der Waals surface area contributed by atoms with Crippen LogP contribution in [0, 0.1) is 0 Å². The van der Waals surface area contributed by atoms with Gasteiger partial charge in [0.1, 0.15) is 22.9 Å². The highest BCUT2D eigenvalue weighted by atomic mass is 35.5. The molecule has 0 aliphatic carbocycles. The third-order valence-electron chi connectivity index (χ3n) is 4.23. The SMILES string of the molecule is CCOc1ccc(OCC)c(N(Cl)C(=O)C(N=Nc2cccc(OC)c2OC)C(C)=O)c1. The van der Waals surface area contributed by atoms with E-state index in [1.54, 1.807) is 43.3 Å². The summed E-state index contributed by atoms with van der Waals surface area (Å²) in [6.07, 6.45) is 0. The van der Waals surface area contributed by atoms with Crippen LogP contribution in [0.5, 0.6) is 23.0 Å². The smallest absolute Gasteiger partial charge is 0.276 e. The summed E-state index contributed by atoms with van der Waals surface area (Å²) < 4.78 is 22.4. The van der Waals surface area contributed by atoms with Gasteiger partial charge in [-0.05, 0) is 45.0 Å². The number of para-hydroxylation sites is 1. The van der Waals surface area contributed by atoms with E-state index < -0.39 is 17.7 Å². The van der Waals surface area contributed by atoms with Crippen molar-refractivity contribution in [2.75, 3.05) is 31.9 Å². The van der Waals surface area contributed by atoms with Crippen molar-refractivity contribution < 1.29 is 28.5 Å². The number of amides is 1. The number of carbonyl (C=O) groups excluding carboxylic acids is 2. The van der Waals surface area contributed by atoms with E-state index in [-0.39, 0.29) is 5.69 Å². The predicted molar refractivity (Wildman–Crippen MR) is 121 cm³/mol. The number of Topliss-reactive ketones (excluding diaryl/α,β-unsaturated/α-hetero) is 1. The Bertz CT molecular complexity index is 982. The van der Waals surface area contributed by atoms with E-state index in [1.165, 1.54) is 21.1 Å². The molecule has 9 nitrogen and oxygen atoms in total. The molecule has 172 valence electrons. The number of methoxy groups -OCH3 is 2. The molecule has 2 rings (SSSR count). The molecule has 10 heteroatoms. The lowest BCUT2D eigenvalue weighted by Gasteiger charge is -2.20. The molecule has 0 fully saturated rings. The Morgan fingerprint density at radius 1 is 1.03 bits per heavy atom. The van der Waals surface area contributed by atoms with Crippen LogP contribution in [0.3, 0.4) is 0 Å². The van der Waals surface area contributed by atoms with Crippen LogP contribution in [0.1, 0.15) is 20.8 Å². The Morgan fingerprint density at radius 3 is 2.34 bits per heavy atom. The Labute approximate surface area is 192 Å². The normalized spacial score (nSPS) is 11.7. The van der Waals surface area contributed by atoms with Crippen LogP contribution in [-0.2, 0) is 9.59 Å². The fraction of sp³-hybridized carbons (Fsp3) is 0.364. The molecule has 2 aromatic rings. The zero-order valence-corrected chi connectivity index (χ0v) is 19.4. The first-order chi connectivity index (χ1) is 15.4. The highest BCUT2D eigenvalue weighted by Crippen LogP contribution is 2.38. The average Bonchev–Trinajstić information content (AvgIpc) is 2.79. The van der Waals surface area contributed by atoms with Gasteiger partial charge in [-0.3, -0.25) is 9.59 Å². The molecule has 1 amide bonds. The molecule has 0 spiro atoms. The highest BCUT2D eigenvalue weighted by molar-refractivity contribution is 6.39. The molecule has 0 saturated heterocycles. The molecule has 0 bridgehead atoms. The largest absolute Gasteiger partial charge is 0.494 e. The van der Waals surface area contributed by atoms with E-state index in [1.807, 2.05) is 6.92 Å².